The Balaban J connectivity index is 2.56. The van der Waals surface area contributed by atoms with Crippen molar-refractivity contribution in [3.8, 4) is 0 Å². The molecule has 0 bridgehead atoms. The molecule has 5 heteroatoms. The van der Waals surface area contributed by atoms with Crippen molar-refractivity contribution < 1.29 is 9.59 Å². The van der Waals surface area contributed by atoms with E-state index in [1.807, 2.05) is 30.3 Å². The second kappa shape index (κ2) is 6.61. The summed E-state index contributed by atoms with van der Waals surface area (Å²) in [6.07, 6.45) is 0.646. The normalized spacial score (nSPS) is 12.8. The van der Waals surface area contributed by atoms with Gasteiger partial charge in [0, 0.05) is 12.0 Å². The second-order valence-corrected chi connectivity index (χ2v) is 5.85. The van der Waals surface area contributed by atoms with E-state index < -0.39 is 16.7 Å². The number of rotatable bonds is 6. The van der Waals surface area contributed by atoms with Crippen molar-refractivity contribution in [2.45, 2.75) is 37.5 Å². The Morgan fingerprint density at radius 2 is 1.89 bits per heavy atom. The third-order valence-electron chi connectivity index (χ3n) is 2.65. The van der Waals surface area contributed by atoms with Gasteiger partial charge in [0.05, 0.1) is 5.25 Å². The molecule has 104 valence electrons. The molecule has 1 aromatic rings. The van der Waals surface area contributed by atoms with E-state index in [0.29, 0.717) is 6.42 Å². The third-order valence-corrected chi connectivity index (χ3v) is 3.07. The van der Waals surface area contributed by atoms with Crippen molar-refractivity contribution in [2.75, 3.05) is 0 Å². The van der Waals surface area contributed by atoms with E-state index in [-0.39, 0.29) is 12.3 Å². The van der Waals surface area contributed by atoms with Crippen LogP contribution in [0.3, 0.4) is 0 Å². The van der Waals surface area contributed by atoms with Crippen LogP contribution >= 0.6 is 12.6 Å². The maximum atomic E-state index is 12.0. The summed E-state index contributed by atoms with van der Waals surface area (Å²) in [5.74, 6) is -0.637. The van der Waals surface area contributed by atoms with E-state index in [9.17, 15) is 9.59 Å². The molecule has 0 aromatic heterocycles. The minimum atomic E-state index is -0.652. The van der Waals surface area contributed by atoms with Crippen LogP contribution in [0.15, 0.2) is 30.3 Å². The predicted octanol–water partition coefficient (Wildman–Crippen LogP) is 1.30. The standard InChI is InChI=1S/C14H20N2O2S/c1-14(2,9-12(15)17)16-13(18)11(19)8-10-6-4-3-5-7-10/h3-7,11,19H,8-9H2,1-2H3,(H2,15,17)(H,16,18). The molecule has 0 heterocycles. The van der Waals surface area contributed by atoms with E-state index in [2.05, 4.69) is 17.9 Å². The average molecular weight is 280 g/mol. The van der Waals surface area contributed by atoms with Gasteiger partial charge in [0.2, 0.25) is 11.8 Å². The Kier molecular flexibility index (Phi) is 5.42. The van der Waals surface area contributed by atoms with E-state index in [1.54, 1.807) is 13.8 Å². The maximum Gasteiger partial charge on any atom is 0.233 e. The molecule has 0 aliphatic carbocycles. The Labute approximate surface area is 119 Å². The SMILES string of the molecule is CC(C)(CC(N)=O)NC(=O)C(S)Cc1ccccc1. The fourth-order valence-corrected chi connectivity index (χ4v) is 2.10. The zero-order valence-corrected chi connectivity index (χ0v) is 12.1. The summed E-state index contributed by atoms with van der Waals surface area (Å²) >= 11 is 4.31. The highest BCUT2D eigenvalue weighted by molar-refractivity contribution is 7.81. The smallest absolute Gasteiger partial charge is 0.233 e. The number of carbonyl (C=O) groups excluding carboxylic acids is 2. The van der Waals surface area contributed by atoms with Gasteiger partial charge in [-0.3, -0.25) is 9.59 Å². The van der Waals surface area contributed by atoms with Gasteiger partial charge in [0.1, 0.15) is 0 Å². The zero-order chi connectivity index (χ0) is 14.5. The van der Waals surface area contributed by atoms with Gasteiger partial charge in [-0.1, -0.05) is 30.3 Å². The lowest BCUT2D eigenvalue weighted by atomic mass is 9.99. The summed E-state index contributed by atoms with van der Waals surface area (Å²) in [5, 5.41) is 2.34. The van der Waals surface area contributed by atoms with Crippen molar-refractivity contribution in [3.05, 3.63) is 35.9 Å². The van der Waals surface area contributed by atoms with Gasteiger partial charge in [-0.15, -0.1) is 0 Å². The molecule has 1 atom stereocenters. The highest BCUT2D eigenvalue weighted by Crippen LogP contribution is 2.12. The Morgan fingerprint density at radius 3 is 2.42 bits per heavy atom. The van der Waals surface area contributed by atoms with Crippen LogP contribution in [0.25, 0.3) is 0 Å². The Morgan fingerprint density at radius 1 is 1.32 bits per heavy atom. The molecule has 2 amide bonds. The number of amides is 2. The third kappa shape index (κ3) is 5.79. The zero-order valence-electron chi connectivity index (χ0n) is 11.2. The van der Waals surface area contributed by atoms with Crippen LogP contribution in [0.1, 0.15) is 25.8 Å². The number of hydrogen-bond donors (Lipinski definition) is 3. The van der Waals surface area contributed by atoms with Crippen LogP contribution in [0.5, 0.6) is 0 Å². The summed E-state index contributed by atoms with van der Waals surface area (Å²) in [6.45, 7) is 3.53. The molecule has 1 unspecified atom stereocenters. The van der Waals surface area contributed by atoms with Gasteiger partial charge in [-0.2, -0.15) is 12.6 Å². The fourth-order valence-electron chi connectivity index (χ4n) is 1.83. The Hall–Kier alpha value is -1.49. The van der Waals surface area contributed by atoms with Crippen LogP contribution in [-0.4, -0.2) is 22.6 Å². The second-order valence-electron chi connectivity index (χ2n) is 5.22. The summed E-state index contributed by atoms with van der Waals surface area (Å²) in [7, 11) is 0. The lowest BCUT2D eigenvalue weighted by Gasteiger charge is -2.26. The summed E-state index contributed by atoms with van der Waals surface area (Å²) in [6, 6.07) is 9.67. The molecule has 1 aromatic carbocycles. The van der Waals surface area contributed by atoms with Gasteiger partial charge in [-0.25, -0.2) is 0 Å². The van der Waals surface area contributed by atoms with Gasteiger partial charge in [0.25, 0.3) is 0 Å². The molecule has 0 aliphatic rings. The van der Waals surface area contributed by atoms with Gasteiger partial charge >= 0.3 is 0 Å². The molecule has 0 saturated carbocycles. The molecule has 19 heavy (non-hydrogen) atoms. The number of nitrogens with one attached hydrogen (secondary N) is 1. The molecule has 3 N–H and O–H groups in total. The lowest BCUT2D eigenvalue weighted by Crippen LogP contribution is -2.49. The van der Waals surface area contributed by atoms with Crippen molar-refractivity contribution in [1.29, 1.82) is 0 Å². The minimum Gasteiger partial charge on any atom is -0.370 e. The van der Waals surface area contributed by atoms with Crippen LogP contribution < -0.4 is 11.1 Å². The highest BCUT2D eigenvalue weighted by atomic mass is 32.1. The predicted molar refractivity (Wildman–Crippen MR) is 79.0 cm³/mol. The van der Waals surface area contributed by atoms with Crippen molar-refractivity contribution >= 4 is 24.4 Å². The molecular weight excluding hydrogens is 260 g/mol. The number of nitrogens with two attached hydrogens (primary N) is 1. The average Bonchev–Trinajstić information content (AvgIpc) is 2.27. The quantitative estimate of drug-likeness (QED) is 0.687. The molecule has 0 aliphatic heterocycles. The molecule has 0 saturated heterocycles. The largest absolute Gasteiger partial charge is 0.370 e. The van der Waals surface area contributed by atoms with E-state index in [1.165, 1.54) is 0 Å². The van der Waals surface area contributed by atoms with Crippen LogP contribution in [0.2, 0.25) is 0 Å². The van der Waals surface area contributed by atoms with Crippen LogP contribution in [0, 0.1) is 0 Å². The number of primary amides is 1. The monoisotopic (exact) mass is 280 g/mol. The van der Waals surface area contributed by atoms with Gasteiger partial charge in [0.15, 0.2) is 0 Å². The van der Waals surface area contributed by atoms with Gasteiger partial charge in [-0.05, 0) is 25.8 Å². The van der Waals surface area contributed by atoms with E-state index >= 15 is 0 Å². The highest BCUT2D eigenvalue weighted by Gasteiger charge is 2.25. The first-order valence-electron chi connectivity index (χ1n) is 6.12. The summed E-state index contributed by atoms with van der Waals surface area (Å²) < 4.78 is 0. The first-order chi connectivity index (χ1) is 8.80. The maximum absolute atomic E-state index is 12.0. The molecule has 0 spiro atoms. The van der Waals surface area contributed by atoms with E-state index in [0.717, 1.165) is 5.56 Å². The molecule has 0 radical (unpaired) electrons. The molecule has 1 rings (SSSR count). The fraction of sp³-hybridized carbons (Fsp3) is 0.429. The van der Waals surface area contributed by atoms with Crippen LogP contribution in [0.4, 0.5) is 0 Å². The molecule has 0 fully saturated rings. The summed E-state index contributed by atoms with van der Waals surface area (Å²) in [5.41, 5.74) is 5.54. The number of hydrogen-bond acceptors (Lipinski definition) is 3. The number of benzene rings is 1. The first kappa shape index (κ1) is 15.6. The van der Waals surface area contributed by atoms with Crippen molar-refractivity contribution in [3.63, 3.8) is 0 Å². The Bertz CT molecular complexity index is 446. The molecule has 4 nitrogen and oxygen atoms in total. The first-order valence-corrected chi connectivity index (χ1v) is 6.64. The van der Waals surface area contributed by atoms with Gasteiger partial charge < -0.3 is 11.1 Å². The van der Waals surface area contributed by atoms with E-state index in [4.69, 9.17) is 5.73 Å². The topological polar surface area (TPSA) is 72.2 Å². The molecular formula is C14H20N2O2S. The van der Waals surface area contributed by atoms with Crippen molar-refractivity contribution in [1.82, 2.24) is 5.32 Å². The van der Waals surface area contributed by atoms with Crippen molar-refractivity contribution in [2.24, 2.45) is 5.73 Å². The minimum absolute atomic E-state index is 0.102. The summed E-state index contributed by atoms with van der Waals surface area (Å²) in [4.78, 5) is 22.9. The number of thiol groups is 1. The van der Waals surface area contributed by atoms with Crippen LogP contribution in [-0.2, 0) is 16.0 Å². The lowest BCUT2D eigenvalue weighted by molar-refractivity contribution is -0.123. The number of carbonyl (C=O) groups is 2.